The van der Waals surface area contributed by atoms with Gasteiger partial charge in [0.1, 0.15) is 11.6 Å². The maximum atomic E-state index is 13.7. The minimum Gasteiger partial charge on any atom is -0.316 e. The lowest BCUT2D eigenvalue weighted by Gasteiger charge is -2.27. The third kappa shape index (κ3) is 2.28. The zero-order valence-corrected chi connectivity index (χ0v) is 11.2. The highest BCUT2D eigenvalue weighted by molar-refractivity contribution is 5.20. The van der Waals surface area contributed by atoms with E-state index in [2.05, 4.69) is 17.1 Å². The first kappa shape index (κ1) is 13.0. The number of benzene rings is 1. The Hall–Kier alpha value is -1.00. The fraction of sp³-hybridized carbons (Fsp3) is 0.600. The Morgan fingerprint density at radius 3 is 2.68 bits per heavy atom. The molecule has 2 fully saturated rings. The lowest BCUT2D eigenvalue weighted by molar-refractivity contribution is 0.205. The van der Waals surface area contributed by atoms with Crippen LogP contribution in [0.3, 0.4) is 0 Å². The summed E-state index contributed by atoms with van der Waals surface area (Å²) in [5.74, 6) is 0.426. The van der Waals surface area contributed by atoms with Crippen LogP contribution in [0.2, 0.25) is 0 Å². The molecule has 0 radical (unpaired) electrons. The van der Waals surface area contributed by atoms with E-state index in [0.29, 0.717) is 24.4 Å². The Bertz CT molecular complexity index is 443. The molecular formula is C15H20F2N2. The van der Waals surface area contributed by atoms with Gasteiger partial charge >= 0.3 is 0 Å². The summed E-state index contributed by atoms with van der Waals surface area (Å²) in [4.78, 5) is 2.26. The molecule has 3 unspecified atom stereocenters. The molecular weight excluding hydrogens is 246 g/mol. The van der Waals surface area contributed by atoms with Crippen LogP contribution in [0, 0.1) is 23.5 Å². The first-order valence-electron chi connectivity index (χ1n) is 7.08. The molecule has 0 spiro atoms. The Kier molecular flexibility index (Phi) is 3.54. The number of halogens is 2. The first-order valence-corrected chi connectivity index (χ1v) is 7.08. The van der Waals surface area contributed by atoms with Crippen molar-refractivity contribution in [3.63, 3.8) is 0 Å². The minimum atomic E-state index is -0.426. The van der Waals surface area contributed by atoms with Crippen LogP contribution < -0.4 is 5.32 Å². The molecule has 1 aromatic carbocycles. The summed E-state index contributed by atoms with van der Waals surface area (Å²) >= 11 is 0. The molecule has 3 atom stereocenters. The molecule has 0 bridgehead atoms. The molecule has 0 saturated carbocycles. The largest absolute Gasteiger partial charge is 0.316 e. The second-order valence-corrected chi connectivity index (χ2v) is 5.69. The van der Waals surface area contributed by atoms with E-state index in [1.54, 1.807) is 0 Å². The van der Waals surface area contributed by atoms with E-state index in [1.807, 2.05) is 0 Å². The smallest absolute Gasteiger partial charge is 0.130 e. The third-order valence-electron chi connectivity index (χ3n) is 4.67. The molecule has 3 rings (SSSR count). The number of nitrogens with one attached hydrogen (secondary N) is 1. The number of hydrogen-bond acceptors (Lipinski definition) is 2. The molecule has 4 heteroatoms. The second-order valence-electron chi connectivity index (χ2n) is 5.69. The van der Waals surface area contributed by atoms with Gasteiger partial charge in [-0.3, -0.25) is 4.90 Å². The average molecular weight is 266 g/mol. The van der Waals surface area contributed by atoms with E-state index in [-0.39, 0.29) is 5.56 Å². The van der Waals surface area contributed by atoms with Crippen molar-refractivity contribution in [1.29, 1.82) is 0 Å². The van der Waals surface area contributed by atoms with Crippen molar-refractivity contribution in [2.45, 2.75) is 25.9 Å². The lowest BCUT2D eigenvalue weighted by atomic mass is 9.93. The highest BCUT2D eigenvalue weighted by Crippen LogP contribution is 2.35. The molecule has 0 amide bonds. The van der Waals surface area contributed by atoms with Crippen molar-refractivity contribution in [2.75, 3.05) is 19.6 Å². The van der Waals surface area contributed by atoms with Gasteiger partial charge in [0.25, 0.3) is 0 Å². The highest BCUT2D eigenvalue weighted by atomic mass is 19.1. The summed E-state index contributed by atoms with van der Waals surface area (Å²) in [6.45, 7) is 5.58. The number of hydrogen-bond donors (Lipinski definition) is 1. The molecule has 1 aromatic rings. The molecule has 2 saturated heterocycles. The van der Waals surface area contributed by atoms with Gasteiger partial charge in [0, 0.05) is 24.7 Å². The summed E-state index contributed by atoms with van der Waals surface area (Å²) in [6.07, 6.45) is 1.04. The van der Waals surface area contributed by atoms with Gasteiger partial charge in [0.05, 0.1) is 0 Å². The Morgan fingerprint density at radius 2 is 2.00 bits per heavy atom. The van der Waals surface area contributed by atoms with E-state index in [1.165, 1.54) is 18.2 Å². The monoisotopic (exact) mass is 266 g/mol. The van der Waals surface area contributed by atoms with Gasteiger partial charge in [-0.2, -0.15) is 0 Å². The predicted octanol–water partition coefficient (Wildman–Crippen LogP) is 2.39. The van der Waals surface area contributed by atoms with Crippen LogP contribution in [0.5, 0.6) is 0 Å². The van der Waals surface area contributed by atoms with E-state index < -0.39 is 11.6 Å². The van der Waals surface area contributed by atoms with Crippen LogP contribution in [-0.4, -0.2) is 30.6 Å². The molecule has 2 nitrogen and oxygen atoms in total. The van der Waals surface area contributed by atoms with Gasteiger partial charge in [0.15, 0.2) is 0 Å². The van der Waals surface area contributed by atoms with Gasteiger partial charge in [0.2, 0.25) is 0 Å². The fourth-order valence-electron chi connectivity index (χ4n) is 3.74. The van der Waals surface area contributed by atoms with E-state index in [9.17, 15) is 8.78 Å². The van der Waals surface area contributed by atoms with Crippen molar-refractivity contribution < 1.29 is 8.78 Å². The van der Waals surface area contributed by atoms with Crippen molar-refractivity contribution in [3.05, 3.63) is 35.4 Å². The summed E-state index contributed by atoms with van der Waals surface area (Å²) in [5, 5.41) is 3.42. The van der Waals surface area contributed by atoms with Crippen LogP contribution in [0.25, 0.3) is 0 Å². The molecule has 0 aromatic heterocycles. The number of likely N-dealkylation sites (tertiary alicyclic amines) is 1. The van der Waals surface area contributed by atoms with Crippen molar-refractivity contribution in [2.24, 2.45) is 11.8 Å². The molecule has 19 heavy (non-hydrogen) atoms. The maximum absolute atomic E-state index is 13.7. The summed E-state index contributed by atoms with van der Waals surface area (Å²) < 4.78 is 27.5. The minimum absolute atomic E-state index is 0.217. The zero-order chi connectivity index (χ0) is 13.4. The van der Waals surface area contributed by atoms with E-state index in [0.717, 1.165) is 26.1 Å². The standard InChI is InChI=1S/C15H20F2N2/c1-2-15-11-7-18-6-10(11)8-19(15)9-12-13(16)4-3-5-14(12)17/h3-5,10-11,15,18H,2,6-9H2,1H3. The van der Waals surface area contributed by atoms with Crippen LogP contribution >= 0.6 is 0 Å². The Morgan fingerprint density at radius 1 is 1.26 bits per heavy atom. The van der Waals surface area contributed by atoms with Gasteiger partial charge in [-0.1, -0.05) is 13.0 Å². The maximum Gasteiger partial charge on any atom is 0.130 e. The number of nitrogens with zero attached hydrogens (tertiary/aromatic N) is 1. The molecule has 2 heterocycles. The topological polar surface area (TPSA) is 15.3 Å². The SMILES string of the molecule is CCC1C2CNCC2CN1Cc1c(F)cccc1F. The van der Waals surface area contributed by atoms with Crippen LogP contribution in [0.4, 0.5) is 8.78 Å². The number of fused-ring (bicyclic) bond motifs is 1. The first-order chi connectivity index (χ1) is 9.20. The average Bonchev–Trinajstić information content (AvgIpc) is 2.93. The summed E-state index contributed by atoms with van der Waals surface area (Å²) in [5.41, 5.74) is 0.217. The predicted molar refractivity (Wildman–Crippen MR) is 70.7 cm³/mol. The van der Waals surface area contributed by atoms with Gasteiger partial charge in [-0.05, 0) is 43.5 Å². The Balaban J connectivity index is 1.80. The zero-order valence-electron chi connectivity index (χ0n) is 11.2. The lowest BCUT2D eigenvalue weighted by Crippen LogP contribution is -2.35. The molecule has 104 valence electrons. The van der Waals surface area contributed by atoms with E-state index in [4.69, 9.17) is 0 Å². The van der Waals surface area contributed by atoms with E-state index >= 15 is 0 Å². The quantitative estimate of drug-likeness (QED) is 0.903. The van der Waals surface area contributed by atoms with Crippen molar-refractivity contribution in [1.82, 2.24) is 10.2 Å². The van der Waals surface area contributed by atoms with Crippen LogP contribution in [-0.2, 0) is 6.54 Å². The molecule has 1 N–H and O–H groups in total. The van der Waals surface area contributed by atoms with Gasteiger partial charge in [-0.15, -0.1) is 0 Å². The summed E-state index contributed by atoms with van der Waals surface area (Å²) in [6, 6.07) is 4.56. The van der Waals surface area contributed by atoms with Gasteiger partial charge < -0.3 is 5.32 Å². The summed E-state index contributed by atoms with van der Waals surface area (Å²) in [7, 11) is 0. The molecule has 2 aliphatic heterocycles. The highest BCUT2D eigenvalue weighted by Gasteiger charge is 2.43. The third-order valence-corrected chi connectivity index (χ3v) is 4.67. The van der Waals surface area contributed by atoms with Crippen LogP contribution in [0.1, 0.15) is 18.9 Å². The second kappa shape index (κ2) is 5.17. The van der Waals surface area contributed by atoms with Gasteiger partial charge in [-0.25, -0.2) is 8.78 Å². The molecule has 2 aliphatic rings. The Labute approximate surface area is 112 Å². The number of rotatable bonds is 3. The fourth-order valence-corrected chi connectivity index (χ4v) is 3.74. The van der Waals surface area contributed by atoms with Crippen molar-refractivity contribution >= 4 is 0 Å². The van der Waals surface area contributed by atoms with Crippen molar-refractivity contribution in [3.8, 4) is 0 Å². The normalized spacial score (nSPS) is 30.8. The molecule has 0 aliphatic carbocycles. The van der Waals surface area contributed by atoms with Crippen LogP contribution in [0.15, 0.2) is 18.2 Å².